The van der Waals surface area contributed by atoms with E-state index in [1.54, 1.807) is 12.5 Å². The van der Waals surface area contributed by atoms with Crippen molar-refractivity contribution >= 4 is 22.9 Å². The molecule has 0 saturated carbocycles. The molecule has 3 rings (SSSR count). The van der Waals surface area contributed by atoms with Gasteiger partial charge in [-0.1, -0.05) is 26.8 Å². The van der Waals surface area contributed by atoms with Crippen LogP contribution in [0.15, 0.2) is 30.7 Å². The zero-order valence-corrected chi connectivity index (χ0v) is 17.8. The molecular weight excluding hydrogens is 366 g/mol. The number of anilines is 2. The molecule has 0 aromatic carbocycles. The lowest BCUT2D eigenvalue weighted by atomic mass is 9.98. The second-order valence-electron chi connectivity index (χ2n) is 7.88. The van der Waals surface area contributed by atoms with Crippen molar-refractivity contribution in [3.05, 3.63) is 36.4 Å². The summed E-state index contributed by atoms with van der Waals surface area (Å²) in [5.41, 5.74) is 2.39. The first kappa shape index (κ1) is 21.0. The van der Waals surface area contributed by atoms with Gasteiger partial charge in [0, 0.05) is 12.2 Å². The van der Waals surface area contributed by atoms with Crippen molar-refractivity contribution in [3.63, 3.8) is 0 Å². The van der Waals surface area contributed by atoms with Gasteiger partial charge >= 0.3 is 0 Å². The number of imidazole rings is 1. The van der Waals surface area contributed by atoms with Crippen LogP contribution in [0.25, 0.3) is 11.2 Å². The van der Waals surface area contributed by atoms with Crippen LogP contribution in [0.5, 0.6) is 0 Å². The van der Waals surface area contributed by atoms with Gasteiger partial charge in [0.25, 0.3) is 0 Å². The summed E-state index contributed by atoms with van der Waals surface area (Å²) in [5.74, 6) is 1.27. The van der Waals surface area contributed by atoms with Crippen LogP contribution >= 0.6 is 0 Å². The van der Waals surface area contributed by atoms with Crippen LogP contribution < -0.4 is 10.6 Å². The monoisotopic (exact) mass is 397 g/mol. The maximum atomic E-state index is 10.5. The topological polar surface area (TPSA) is 101 Å². The summed E-state index contributed by atoms with van der Waals surface area (Å²) < 4.78 is 2.02. The van der Waals surface area contributed by atoms with Crippen LogP contribution in [0.1, 0.15) is 52.8 Å². The van der Waals surface area contributed by atoms with Crippen molar-refractivity contribution in [1.29, 1.82) is 0 Å². The normalized spacial score (nSPS) is 13.8. The number of aliphatic hydroxyl groups is 1. The third-order valence-corrected chi connectivity index (χ3v) is 4.99. The number of nitrogens with zero attached hydrogens (tertiary/aromatic N) is 5. The highest BCUT2D eigenvalue weighted by Gasteiger charge is 2.23. The Kier molecular flexibility index (Phi) is 6.64. The van der Waals surface area contributed by atoms with E-state index in [0.29, 0.717) is 18.3 Å². The second kappa shape index (κ2) is 9.17. The zero-order valence-electron chi connectivity index (χ0n) is 17.8. The Balaban J connectivity index is 1.95. The molecule has 0 radical (unpaired) electrons. The van der Waals surface area contributed by atoms with Crippen molar-refractivity contribution in [2.45, 2.75) is 65.8 Å². The average Bonchev–Trinajstić information content (AvgIpc) is 3.14. The molecule has 8 nitrogen and oxygen atoms in total. The van der Waals surface area contributed by atoms with Crippen LogP contribution in [0.2, 0.25) is 0 Å². The number of aromatic nitrogens is 5. The van der Waals surface area contributed by atoms with Gasteiger partial charge in [-0.05, 0) is 38.3 Å². The summed E-state index contributed by atoms with van der Waals surface area (Å²) in [7, 11) is 0. The Morgan fingerprint density at radius 2 is 1.90 bits per heavy atom. The number of hydrogen-bond acceptors (Lipinski definition) is 7. The van der Waals surface area contributed by atoms with Gasteiger partial charge < -0.3 is 20.3 Å². The summed E-state index contributed by atoms with van der Waals surface area (Å²) >= 11 is 0. The Morgan fingerprint density at radius 3 is 2.52 bits per heavy atom. The van der Waals surface area contributed by atoms with E-state index in [1.807, 2.05) is 43.5 Å². The highest BCUT2D eigenvalue weighted by Crippen LogP contribution is 2.25. The molecule has 2 atom stereocenters. The minimum Gasteiger partial charge on any atom is -0.391 e. The van der Waals surface area contributed by atoms with E-state index in [-0.39, 0.29) is 18.0 Å². The van der Waals surface area contributed by atoms with E-state index in [4.69, 9.17) is 4.98 Å². The number of pyridine rings is 1. The Hall–Kier alpha value is -2.74. The van der Waals surface area contributed by atoms with E-state index < -0.39 is 6.10 Å². The molecular formula is C21H31N7O. The minimum absolute atomic E-state index is 0.133. The molecule has 0 aliphatic rings. The third-order valence-electron chi connectivity index (χ3n) is 4.99. The first-order chi connectivity index (χ1) is 13.9. The molecule has 0 bridgehead atoms. The largest absolute Gasteiger partial charge is 0.391 e. The predicted octanol–water partition coefficient (Wildman–Crippen LogP) is 3.62. The number of aliphatic hydroxyl groups excluding tert-OH is 1. The summed E-state index contributed by atoms with van der Waals surface area (Å²) in [6.07, 6.45) is 3.84. The molecule has 0 aliphatic heterocycles. The smallest absolute Gasteiger partial charge is 0.227 e. The van der Waals surface area contributed by atoms with E-state index in [0.717, 1.165) is 23.3 Å². The molecule has 3 aromatic rings. The van der Waals surface area contributed by atoms with Gasteiger partial charge in [0.05, 0.1) is 30.7 Å². The molecule has 3 aromatic heterocycles. The molecule has 29 heavy (non-hydrogen) atoms. The Morgan fingerprint density at radius 1 is 1.10 bits per heavy atom. The van der Waals surface area contributed by atoms with Gasteiger partial charge in [-0.25, -0.2) is 4.98 Å². The second-order valence-corrected chi connectivity index (χ2v) is 7.88. The lowest BCUT2D eigenvalue weighted by Crippen LogP contribution is -2.37. The van der Waals surface area contributed by atoms with Crippen LogP contribution in [0, 0.1) is 5.92 Å². The van der Waals surface area contributed by atoms with Crippen molar-refractivity contribution in [2.24, 2.45) is 5.92 Å². The SMILES string of the molecule is CC[C@H](Nc1nc(NCc2ccccn2)c2ncn(C(C)C)c2n1)C(O)C(C)C. The number of rotatable bonds is 9. The van der Waals surface area contributed by atoms with Crippen LogP contribution in [-0.4, -0.2) is 41.8 Å². The van der Waals surface area contributed by atoms with Crippen LogP contribution in [0.3, 0.4) is 0 Å². The van der Waals surface area contributed by atoms with Crippen LogP contribution in [-0.2, 0) is 6.54 Å². The predicted molar refractivity (Wildman–Crippen MR) is 116 cm³/mol. The van der Waals surface area contributed by atoms with Crippen molar-refractivity contribution < 1.29 is 5.11 Å². The first-order valence-corrected chi connectivity index (χ1v) is 10.2. The molecule has 8 heteroatoms. The van der Waals surface area contributed by atoms with E-state index >= 15 is 0 Å². The van der Waals surface area contributed by atoms with Crippen molar-refractivity contribution in [1.82, 2.24) is 24.5 Å². The molecule has 156 valence electrons. The molecule has 3 heterocycles. The number of hydrogen-bond donors (Lipinski definition) is 3. The van der Waals surface area contributed by atoms with Gasteiger partial charge in [-0.2, -0.15) is 9.97 Å². The number of fused-ring (bicyclic) bond motifs is 1. The molecule has 3 N–H and O–H groups in total. The Labute approximate surface area is 171 Å². The van der Waals surface area contributed by atoms with E-state index in [9.17, 15) is 5.11 Å². The van der Waals surface area contributed by atoms with Gasteiger partial charge in [-0.3, -0.25) is 4.98 Å². The van der Waals surface area contributed by atoms with Gasteiger partial charge in [0.2, 0.25) is 5.95 Å². The summed E-state index contributed by atoms with van der Waals surface area (Å²) in [6, 6.07) is 5.90. The third kappa shape index (κ3) is 4.82. The lowest BCUT2D eigenvalue weighted by molar-refractivity contribution is 0.103. The van der Waals surface area contributed by atoms with Crippen molar-refractivity contribution in [3.8, 4) is 0 Å². The van der Waals surface area contributed by atoms with Crippen molar-refractivity contribution in [2.75, 3.05) is 10.6 Å². The molecule has 0 saturated heterocycles. The zero-order chi connectivity index (χ0) is 21.0. The highest BCUT2D eigenvalue weighted by atomic mass is 16.3. The first-order valence-electron chi connectivity index (χ1n) is 10.2. The summed E-state index contributed by atoms with van der Waals surface area (Å²) in [5, 5.41) is 17.2. The quantitative estimate of drug-likeness (QED) is 0.507. The van der Waals surface area contributed by atoms with Gasteiger partial charge in [-0.15, -0.1) is 0 Å². The summed E-state index contributed by atoms with van der Waals surface area (Å²) in [4.78, 5) is 18.3. The molecule has 0 amide bonds. The fourth-order valence-electron chi connectivity index (χ4n) is 3.22. The Bertz CT molecular complexity index is 923. The van der Waals surface area contributed by atoms with Gasteiger partial charge in [0.15, 0.2) is 17.0 Å². The molecule has 0 fully saturated rings. The van der Waals surface area contributed by atoms with Crippen LogP contribution in [0.4, 0.5) is 11.8 Å². The fourth-order valence-corrected chi connectivity index (χ4v) is 3.22. The van der Waals surface area contributed by atoms with E-state index in [2.05, 4.69) is 39.4 Å². The molecule has 0 spiro atoms. The van der Waals surface area contributed by atoms with Gasteiger partial charge in [0.1, 0.15) is 0 Å². The summed E-state index contributed by atoms with van der Waals surface area (Å²) in [6.45, 7) is 10.8. The maximum Gasteiger partial charge on any atom is 0.227 e. The number of nitrogens with one attached hydrogen (secondary N) is 2. The maximum absolute atomic E-state index is 10.5. The minimum atomic E-state index is -0.487. The standard InChI is InChI=1S/C21H31N7O/c1-6-16(18(29)13(2)3)25-21-26-19(23-11-15-9-7-8-10-22-15)17-20(27-21)28(12-24-17)14(4)5/h7-10,12-14,16,18,29H,6,11H2,1-5H3,(H2,23,25,26,27)/t16-,18?/m0/s1. The fraction of sp³-hybridized carbons (Fsp3) is 0.524. The molecule has 1 unspecified atom stereocenters. The average molecular weight is 398 g/mol. The molecule has 0 aliphatic carbocycles. The van der Waals surface area contributed by atoms with E-state index in [1.165, 1.54) is 0 Å². The lowest BCUT2D eigenvalue weighted by Gasteiger charge is -2.26. The highest BCUT2D eigenvalue weighted by molar-refractivity contribution is 5.84.